The van der Waals surface area contributed by atoms with Gasteiger partial charge < -0.3 is 0 Å². The van der Waals surface area contributed by atoms with Gasteiger partial charge in [0.05, 0.1) is 17.4 Å². The van der Waals surface area contributed by atoms with E-state index < -0.39 is 0 Å². The second kappa shape index (κ2) is 3.58. The van der Waals surface area contributed by atoms with E-state index in [1.165, 1.54) is 0 Å². The van der Waals surface area contributed by atoms with Gasteiger partial charge in [0.15, 0.2) is 0 Å². The van der Waals surface area contributed by atoms with Crippen molar-refractivity contribution in [1.82, 2.24) is 20.3 Å². The molecule has 0 atom stereocenters. The van der Waals surface area contributed by atoms with E-state index in [9.17, 15) is 0 Å². The second-order valence-corrected chi connectivity index (χ2v) is 3.47. The third kappa shape index (κ3) is 2.56. The highest BCUT2D eigenvalue weighted by Gasteiger charge is 2.13. The fourth-order valence-corrected chi connectivity index (χ4v) is 0.834. The Labute approximate surface area is 78.3 Å². The van der Waals surface area contributed by atoms with E-state index in [4.69, 9.17) is 6.42 Å². The van der Waals surface area contributed by atoms with E-state index in [2.05, 4.69) is 21.5 Å². The maximum absolute atomic E-state index is 5.33. The van der Waals surface area contributed by atoms with Gasteiger partial charge in [-0.3, -0.25) is 10.00 Å². The summed E-state index contributed by atoms with van der Waals surface area (Å²) in [6.45, 7) is 4.59. The first-order chi connectivity index (χ1) is 6.05. The van der Waals surface area contributed by atoms with Crippen molar-refractivity contribution >= 4 is 0 Å². The number of rotatable bonds is 3. The largest absolute Gasteiger partial charge is 0.296 e. The predicted molar refractivity (Wildman–Crippen MR) is 50.8 cm³/mol. The number of nitrogens with zero attached hydrogens (tertiary/aromatic N) is 3. The zero-order chi connectivity index (χ0) is 9.90. The van der Waals surface area contributed by atoms with Crippen LogP contribution in [0, 0.1) is 12.3 Å². The van der Waals surface area contributed by atoms with Crippen LogP contribution in [-0.2, 0) is 13.6 Å². The Bertz CT molecular complexity index is 319. The van der Waals surface area contributed by atoms with Gasteiger partial charge >= 0.3 is 0 Å². The summed E-state index contributed by atoms with van der Waals surface area (Å²) in [4.78, 5) is 0. The lowest BCUT2D eigenvalue weighted by Crippen LogP contribution is -2.37. The Morgan fingerprint density at radius 1 is 1.69 bits per heavy atom. The van der Waals surface area contributed by atoms with E-state index in [0.29, 0.717) is 6.54 Å². The highest BCUT2D eigenvalue weighted by Crippen LogP contribution is 2.01. The number of hydrogen-bond donors (Lipinski definition) is 1. The minimum Gasteiger partial charge on any atom is -0.296 e. The van der Waals surface area contributed by atoms with Gasteiger partial charge in [0.25, 0.3) is 0 Å². The molecule has 0 amide bonds. The van der Waals surface area contributed by atoms with Crippen molar-refractivity contribution in [1.29, 1.82) is 0 Å². The Morgan fingerprint density at radius 3 is 2.85 bits per heavy atom. The summed E-state index contributed by atoms with van der Waals surface area (Å²) in [5.74, 6) is 2.66. The van der Waals surface area contributed by atoms with Gasteiger partial charge in [0, 0.05) is 13.6 Å². The van der Waals surface area contributed by atoms with Crippen LogP contribution in [0.5, 0.6) is 0 Å². The zero-order valence-corrected chi connectivity index (χ0v) is 8.20. The molecule has 1 heterocycles. The minimum absolute atomic E-state index is 0.287. The van der Waals surface area contributed by atoms with Crippen LogP contribution < -0.4 is 5.32 Å². The molecule has 4 heteroatoms. The minimum atomic E-state index is -0.287. The Kier molecular flexibility index (Phi) is 2.69. The smallest absolute Gasteiger partial charge is 0.0744 e. The molecule has 0 aliphatic rings. The van der Waals surface area contributed by atoms with E-state index in [1.807, 2.05) is 20.9 Å². The molecule has 13 heavy (non-hydrogen) atoms. The zero-order valence-electron chi connectivity index (χ0n) is 8.20. The molecule has 0 radical (unpaired) electrons. The molecule has 0 fully saturated rings. The summed E-state index contributed by atoms with van der Waals surface area (Å²) < 4.78 is 1.72. The molecule has 0 saturated carbocycles. The fraction of sp³-hybridized carbons (Fsp3) is 0.556. The van der Waals surface area contributed by atoms with Crippen LogP contribution in [0.15, 0.2) is 6.20 Å². The summed E-state index contributed by atoms with van der Waals surface area (Å²) in [7, 11) is 1.85. The first kappa shape index (κ1) is 9.75. The van der Waals surface area contributed by atoms with Crippen LogP contribution in [-0.4, -0.2) is 20.5 Å². The third-order valence-corrected chi connectivity index (χ3v) is 1.88. The molecule has 0 unspecified atom stereocenters. The number of aryl methyl sites for hydroxylation is 1. The van der Waals surface area contributed by atoms with Gasteiger partial charge in [-0.15, -0.1) is 11.5 Å². The molecular weight excluding hydrogens is 164 g/mol. The first-order valence-corrected chi connectivity index (χ1v) is 4.11. The average molecular weight is 178 g/mol. The van der Waals surface area contributed by atoms with Crippen LogP contribution in [0.4, 0.5) is 0 Å². The van der Waals surface area contributed by atoms with Gasteiger partial charge in [0.2, 0.25) is 0 Å². The highest BCUT2D eigenvalue weighted by molar-refractivity contribution is 5.08. The number of nitrogens with one attached hydrogen (secondary N) is 1. The monoisotopic (exact) mass is 178 g/mol. The predicted octanol–water partition coefficient (Wildman–Crippen LogP) is 0.316. The Hall–Kier alpha value is -1.34. The molecule has 1 N–H and O–H groups in total. The molecule has 0 aliphatic heterocycles. The van der Waals surface area contributed by atoms with Crippen LogP contribution in [0.2, 0.25) is 0 Å². The molecule has 0 aliphatic carbocycles. The van der Waals surface area contributed by atoms with Crippen LogP contribution in [0.1, 0.15) is 19.5 Å². The van der Waals surface area contributed by atoms with Gasteiger partial charge in [-0.1, -0.05) is 11.1 Å². The van der Waals surface area contributed by atoms with Crippen molar-refractivity contribution in [2.24, 2.45) is 7.05 Å². The van der Waals surface area contributed by atoms with Gasteiger partial charge in [-0.2, -0.15) is 0 Å². The molecule has 1 aromatic rings. The lowest BCUT2D eigenvalue weighted by atomic mass is 10.1. The maximum atomic E-state index is 5.33. The van der Waals surface area contributed by atoms with Crippen molar-refractivity contribution in [2.45, 2.75) is 25.9 Å². The SMILES string of the molecule is C#CC(C)(C)NCc1cnnn1C. The van der Waals surface area contributed by atoms with Crippen LogP contribution >= 0.6 is 0 Å². The first-order valence-electron chi connectivity index (χ1n) is 4.11. The van der Waals surface area contributed by atoms with Crippen LogP contribution in [0.25, 0.3) is 0 Å². The topological polar surface area (TPSA) is 42.7 Å². The van der Waals surface area contributed by atoms with E-state index in [0.717, 1.165) is 5.69 Å². The maximum Gasteiger partial charge on any atom is 0.0744 e. The summed E-state index contributed by atoms with van der Waals surface area (Å²) in [6, 6.07) is 0. The van der Waals surface area contributed by atoms with E-state index >= 15 is 0 Å². The highest BCUT2D eigenvalue weighted by atomic mass is 15.4. The molecule has 0 bridgehead atoms. The average Bonchev–Trinajstić information content (AvgIpc) is 2.48. The molecular formula is C9H14N4. The Morgan fingerprint density at radius 2 is 2.38 bits per heavy atom. The summed E-state index contributed by atoms with van der Waals surface area (Å²) in [6.07, 6.45) is 7.06. The normalized spacial score (nSPS) is 11.2. The molecule has 70 valence electrons. The summed E-state index contributed by atoms with van der Waals surface area (Å²) in [5, 5.41) is 10.8. The fourth-order valence-electron chi connectivity index (χ4n) is 0.834. The number of hydrogen-bond acceptors (Lipinski definition) is 3. The van der Waals surface area contributed by atoms with E-state index in [-0.39, 0.29) is 5.54 Å². The lowest BCUT2D eigenvalue weighted by Gasteiger charge is -2.18. The van der Waals surface area contributed by atoms with Crippen LogP contribution in [0.3, 0.4) is 0 Å². The van der Waals surface area contributed by atoms with Gasteiger partial charge in [-0.05, 0) is 13.8 Å². The molecule has 0 aromatic carbocycles. The van der Waals surface area contributed by atoms with Crippen molar-refractivity contribution in [3.05, 3.63) is 11.9 Å². The quantitative estimate of drug-likeness (QED) is 0.678. The number of aromatic nitrogens is 3. The van der Waals surface area contributed by atoms with Gasteiger partial charge in [0.1, 0.15) is 0 Å². The summed E-state index contributed by atoms with van der Waals surface area (Å²) in [5.41, 5.74) is 0.730. The van der Waals surface area contributed by atoms with Crippen molar-refractivity contribution in [3.63, 3.8) is 0 Å². The lowest BCUT2D eigenvalue weighted by molar-refractivity contribution is 0.477. The standard InChI is InChI=1S/C9H14N4/c1-5-9(2,3)10-6-8-7-11-12-13(8)4/h1,7,10H,6H2,2-4H3. The van der Waals surface area contributed by atoms with E-state index in [1.54, 1.807) is 10.9 Å². The Balaban J connectivity index is 2.54. The molecule has 4 nitrogen and oxygen atoms in total. The second-order valence-electron chi connectivity index (χ2n) is 3.47. The van der Waals surface area contributed by atoms with Crippen molar-refractivity contribution in [3.8, 4) is 12.3 Å². The van der Waals surface area contributed by atoms with Crippen molar-refractivity contribution < 1.29 is 0 Å². The molecule has 1 aromatic heterocycles. The van der Waals surface area contributed by atoms with Gasteiger partial charge in [-0.25, -0.2) is 0 Å². The number of terminal acetylenes is 1. The molecule has 0 spiro atoms. The summed E-state index contributed by atoms with van der Waals surface area (Å²) >= 11 is 0. The molecule has 1 rings (SSSR count). The van der Waals surface area contributed by atoms with Crippen molar-refractivity contribution in [2.75, 3.05) is 0 Å². The molecule has 0 saturated heterocycles. The third-order valence-electron chi connectivity index (χ3n) is 1.88.